The second-order valence-corrected chi connectivity index (χ2v) is 23.5. The van der Waals surface area contributed by atoms with Crippen molar-refractivity contribution in [3.8, 4) is 0 Å². The molecule has 1 amide bonds. The van der Waals surface area contributed by atoms with Gasteiger partial charge in [0, 0.05) is 12.8 Å². The van der Waals surface area contributed by atoms with Gasteiger partial charge >= 0.3 is 5.97 Å². The second kappa shape index (κ2) is 64.9. The zero-order chi connectivity index (χ0) is 54.3. The van der Waals surface area contributed by atoms with Crippen LogP contribution in [0.5, 0.6) is 0 Å². The van der Waals surface area contributed by atoms with Crippen LogP contribution < -0.4 is 5.32 Å². The van der Waals surface area contributed by atoms with Gasteiger partial charge in [-0.05, 0) is 57.8 Å². The minimum atomic E-state index is -0.851. The number of carbonyl (C=O) groups is 2. The number of rotatable bonds is 64. The fourth-order valence-corrected chi connectivity index (χ4v) is 10.7. The molecular formula is C69H133NO5. The maximum absolute atomic E-state index is 12.5. The number of unbranched alkanes of at least 4 members (excludes halogenated alkanes) is 51. The minimum absolute atomic E-state index is 0.000346. The molecule has 6 nitrogen and oxygen atoms in total. The van der Waals surface area contributed by atoms with Crippen molar-refractivity contribution in [3.63, 3.8) is 0 Å². The smallest absolute Gasteiger partial charge is 0.305 e. The van der Waals surface area contributed by atoms with Crippen LogP contribution in [0.2, 0.25) is 0 Å². The van der Waals surface area contributed by atoms with Gasteiger partial charge in [0.25, 0.3) is 0 Å². The van der Waals surface area contributed by atoms with Gasteiger partial charge in [-0.15, -0.1) is 0 Å². The van der Waals surface area contributed by atoms with Gasteiger partial charge in [-0.2, -0.15) is 0 Å². The second-order valence-electron chi connectivity index (χ2n) is 23.5. The number of hydrogen-bond donors (Lipinski definition) is 3. The number of aliphatic hydroxyl groups excluding tert-OH is 2. The maximum atomic E-state index is 12.5. The number of allylic oxidation sites excluding steroid dienone is 3. The number of amides is 1. The van der Waals surface area contributed by atoms with E-state index in [1.54, 1.807) is 6.08 Å². The Morgan fingerprint density at radius 3 is 0.947 bits per heavy atom. The molecule has 0 aliphatic rings. The number of ether oxygens (including phenoxy) is 1. The van der Waals surface area contributed by atoms with Gasteiger partial charge in [0.05, 0.1) is 25.4 Å². The van der Waals surface area contributed by atoms with Crippen molar-refractivity contribution in [2.45, 2.75) is 392 Å². The summed E-state index contributed by atoms with van der Waals surface area (Å²) in [4.78, 5) is 24.6. The van der Waals surface area contributed by atoms with E-state index in [0.29, 0.717) is 19.4 Å². The van der Waals surface area contributed by atoms with Crippen LogP contribution >= 0.6 is 0 Å². The van der Waals surface area contributed by atoms with Crippen molar-refractivity contribution < 1.29 is 24.5 Å². The Balaban J connectivity index is 3.44. The van der Waals surface area contributed by atoms with Crippen LogP contribution in [0.1, 0.15) is 380 Å². The van der Waals surface area contributed by atoms with Gasteiger partial charge in [0.1, 0.15) is 0 Å². The molecule has 444 valence electrons. The highest BCUT2D eigenvalue weighted by Gasteiger charge is 2.18. The molecule has 6 heteroatoms. The molecular weight excluding hydrogens is 923 g/mol. The van der Waals surface area contributed by atoms with E-state index in [9.17, 15) is 19.8 Å². The molecule has 2 unspecified atom stereocenters. The molecule has 0 fully saturated rings. The van der Waals surface area contributed by atoms with Crippen LogP contribution in [0.15, 0.2) is 24.3 Å². The zero-order valence-electron chi connectivity index (χ0n) is 50.8. The van der Waals surface area contributed by atoms with E-state index in [0.717, 1.165) is 44.9 Å². The first-order valence-corrected chi connectivity index (χ1v) is 34.1. The lowest BCUT2D eigenvalue weighted by Gasteiger charge is -2.20. The van der Waals surface area contributed by atoms with E-state index in [1.807, 2.05) is 6.08 Å². The standard InChI is InChI=1S/C69H133NO5/c1-3-5-7-9-11-13-15-17-19-21-23-24-25-26-27-28-29-33-37-41-45-49-53-57-61-67(72)66(65-71)70-68(73)62-58-54-50-46-42-38-34-31-32-36-40-44-48-52-56-60-64-75-69(74)63-59-55-51-47-43-39-35-30-22-20-18-16-14-12-10-8-6-4-2/h20,22,57,61,66-67,71-72H,3-19,21,23-56,58-60,62-65H2,1-2H3,(H,70,73)/b22-20-,61-57+. The Bertz CT molecular complexity index is 1170. The summed E-state index contributed by atoms with van der Waals surface area (Å²) in [5, 5.41) is 23.3. The molecule has 0 spiro atoms. The van der Waals surface area contributed by atoms with Gasteiger partial charge in [-0.25, -0.2) is 0 Å². The predicted molar refractivity (Wildman–Crippen MR) is 329 cm³/mol. The molecule has 0 aliphatic heterocycles. The molecule has 0 saturated heterocycles. The third-order valence-corrected chi connectivity index (χ3v) is 16.0. The lowest BCUT2D eigenvalue weighted by Crippen LogP contribution is -2.45. The van der Waals surface area contributed by atoms with E-state index in [1.165, 1.54) is 308 Å². The summed E-state index contributed by atoms with van der Waals surface area (Å²) in [5.74, 6) is -0.0703. The van der Waals surface area contributed by atoms with Crippen LogP contribution in [0.4, 0.5) is 0 Å². The van der Waals surface area contributed by atoms with Gasteiger partial charge in [-0.1, -0.05) is 334 Å². The molecule has 0 bridgehead atoms. The molecule has 0 aliphatic carbocycles. The van der Waals surface area contributed by atoms with E-state index >= 15 is 0 Å². The van der Waals surface area contributed by atoms with Crippen molar-refractivity contribution in [2.24, 2.45) is 0 Å². The third kappa shape index (κ3) is 61.4. The molecule has 0 aromatic rings. The quantitative estimate of drug-likeness (QED) is 0.0320. The maximum Gasteiger partial charge on any atom is 0.305 e. The summed E-state index contributed by atoms with van der Waals surface area (Å²) in [5.41, 5.74) is 0. The molecule has 0 aromatic carbocycles. The monoisotopic (exact) mass is 1060 g/mol. The highest BCUT2D eigenvalue weighted by Crippen LogP contribution is 2.18. The molecule has 0 heterocycles. The van der Waals surface area contributed by atoms with Crippen LogP contribution in [-0.2, 0) is 14.3 Å². The van der Waals surface area contributed by atoms with Crippen LogP contribution in [0.25, 0.3) is 0 Å². The third-order valence-electron chi connectivity index (χ3n) is 16.0. The van der Waals surface area contributed by atoms with E-state index < -0.39 is 12.1 Å². The van der Waals surface area contributed by atoms with Gasteiger partial charge in [0.2, 0.25) is 5.91 Å². The summed E-state index contributed by atoms with van der Waals surface area (Å²) in [6, 6.07) is -0.635. The van der Waals surface area contributed by atoms with Crippen molar-refractivity contribution >= 4 is 11.9 Å². The van der Waals surface area contributed by atoms with E-state index in [-0.39, 0.29) is 18.5 Å². The summed E-state index contributed by atoms with van der Waals surface area (Å²) < 4.78 is 5.50. The van der Waals surface area contributed by atoms with Crippen molar-refractivity contribution in [3.05, 3.63) is 24.3 Å². The molecule has 3 N–H and O–H groups in total. The first kappa shape index (κ1) is 73.3. The highest BCUT2D eigenvalue weighted by atomic mass is 16.5. The molecule has 0 saturated carbocycles. The van der Waals surface area contributed by atoms with E-state index in [4.69, 9.17) is 4.74 Å². The van der Waals surface area contributed by atoms with Gasteiger partial charge in [-0.3, -0.25) is 9.59 Å². The molecule has 0 radical (unpaired) electrons. The number of aliphatic hydroxyl groups is 2. The summed E-state index contributed by atoms with van der Waals surface area (Å²) in [6.45, 7) is 4.92. The zero-order valence-corrected chi connectivity index (χ0v) is 50.8. The largest absolute Gasteiger partial charge is 0.466 e. The normalized spacial score (nSPS) is 12.6. The van der Waals surface area contributed by atoms with Crippen molar-refractivity contribution in [1.29, 1.82) is 0 Å². The summed E-state index contributed by atoms with van der Waals surface area (Å²) >= 11 is 0. The van der Waals surface area contributed by atoms with Crippen LogP contribution in [-0.4, -0.2) is 47.4 Å². The number of carbonyl (C=O) groups excluding carboxylic acids is 2. The predicted octanol–water partition coefficient (Wildman–Crippen LogP) is 21.8. The Morgan fingerprint density at radius 2 is 0.627 bits per heavy atom. The van der Waals surface area contributed by atoms with Gasteiger partial charge in [0.15, 0.2) is 0 Å². The van der Waals surface area contributed by atoms with E-state index in [2.05, 4.69) is 31.3 Å². The number of hydrogen-bond acceptors (Lipinski definition) is 5. The van der Waals surface area contributed by atoms with Crippen molar-refractivity contribution in [1.82, 2.24) is 5.32 Å². The van der Waals surface area contributed by atoms with Crippen molar-refractivity contribution in [2.75, 3.05) is 13.2 Å². The lowest BCUT2D eigenvalue weighted by molar-refractivity contribution is -0.143. The fraction of sp³-hybridized carbons (Fsp3) is 0.913. The number of nitrogens with one attached hydrogen (secondary N) is 1. The van der Waals surface area contributed by atoms with Crippen LogP contribution in [0.3, 0.4) is 0 Å². The SMILES string of the molecule is CCCCCCCCC/C=C\CCCCCCCCCC(=O)OCCCCCCCCCCCCCCCCCCC(=O)NC(CO)C(O)/C=C/CCCCCCCCCCCCCCCCCCCCCCCC. The average Bonchev–Trinajstić information content (AvgIpc) is 3.41. The van der Waals surface area contributed by atoms with Crippen LogP contribution in [0, 0.1) is 0 Å². The Labute approximate surface area is 469 Å². The lowest BCUT2D eigenvalue weighted by atomic mass is 10.0. The number of esters is 1. The molecule has 0 aromatic heterocycles. The molecule has 2 atom stereocenters. The highest BCUT2D eigenvalue weighted by molar-refractivity contribution is 5.76. The Morgan fingerprint density at radius 1 is 0.360 bits per heavy atom. The molecule has 75 heavy (non-hydrogen) atoms. The summed E-state index contributed by atoms with van der Waals surface area (Å²) in [7, 11) is 0. The van der Waals surface area contributed by atoms with Gasteiger partial charge < -0.3 is 20.3 Å². The molecule has 0 rings (SSSR count). The Kier molecular flexibility index (Phi) is 63.4. The first-order chi connectivity index (χ1) is 37.0. The summed E-state index contributed by atoms with van der Waals surface area (Å²) in [6.07, 6.45) is 80.9. The Hall–Kier alpha value is -1.66. The minimum Gasteiger partial charge on any atom is -0.466 e. The fourth-order valence-electron chi connectivity index (χ4n) is 10.7. The first-order valence-electron chi connectivity index (χ1n) is 34.1. The topological polar surface area (TPSA) is 95.9 Å². The average molecular weight is 1060 g/mol.